The van der Waals surface area contributed by atoms with E-state index in [2.05, 4.69) is 22.5 Å². The van der Waals surface area contributed by atoms with E-state index >= 15 is 0 Å². The lowest BCUT2D eigenvalue weighted by Crippen LogP contribution is -2.39. The van der Waals surface area contributed by atoms with E-state index in [1.165, 1.54) is 17.0 Å². The van der Waals surface area contributed by atoms with E-state index in [0.717, 1.165) is 30.5 Å². The Kier molecular flexibility index (Phi) is 11.4. The zero-order chi connectivity index (χ0) is 17.2. The molecule has 24 heavy (non-hydrogen) atoms. The third-order valence-electron chi connectivity index (χ3n) is 3.41. The van der Waals surface area contributed by atoms with Gasteiger partial charge in [-0.15, -0.1) is 24.0 Å². The van der Waals surface area contributed by atoms with Crippen LogP contribution < -0.4 is 10.6 Å². The molecule has 0 spiro atoms. The van der Waals surface area contributed by atoms with Gasteiger partial charge < -0.3 is 15.5 Å². The van der Waals surface area contributed by atoms with Crippen molar-refractivity contribution in [2.24, 2.45) is 4.99 Å². The molecule has 0 saturated heterocycles. The van der Waals surface area contributed by atoms with Crippen LogP contribution in [0.3, 0.4) is 0 Å². The lowest BCUT2D eigenvalue weighted by Gasteiger charge is -2.14. The number of rotatable bonds is 7. The number of benzene rings is 1. The Hall–Kier alpha value is -1.38. The maximum absolute atomic E-state index is 13.1. The number of nitrogens with zero attached hydrogens (tertiary/aromatic N) is 2. The number of likely N-dealkylation sites (N-methyl/N-ethyl adjacent to an activating group) is 1. The highest BCUT2D eigenvalue weighted by Gasteiger charge is 2.05. The van der Waals surface area contributed by atoms with Gasteiger partial charge in [0.15, 0.2) is 5.96 Å². The zero-order valence-electron chi connectivity index (χ0n) is 14.9. The topological polar surface area (TPSA) is 56.7 Å². The normalized spacial score (nSPS) is 10.8. The number of carbonyl (C=O) groups is 1. The van der Waals surface area contributed by atoms with Gasteiger partial charge in [-0.05, 0) is 43.0 Å². The summed E-state index contributed by atoms with van der Waals surface area (Å²) in [6, 6.07) is 4.82. The summed E-state index contributed by atoms with van der Waals surface area (Å²) in [5.41, 5.74) is 2.03. The standard InChI is InChI=1S/C17H27FN4O.HI/c1-5-9-19-17(21-12-16(23)22(3)4)20-10-8-14-6-7-15(18)11-13(14)2;/h6-7,11H,5,8-10,12H2,1-4H3,(H2,19,20,21);1H. The molecular formula is C17H28FIN4O. The van der Waals surface area contributed by atoms with Crippen LogP contribution in [0.5, 0.6) is 0 Å². The number of carbonyl (C=O) groups excluding carboxylic acids is 1. The largest absolute Gasteiger partial charge is 0.356 e. The van der Waals surface area contributed by atoms with Crippen molar-refractivity contribution in [3.05, 3.63) is 35.1 Å². The molecule has 0 saturated carbocycles. The van der Waals surface area contributed by atoms with Crippen LogP contribution in [0.1, 0.15) is 24.5 Å². The number of guanidine groups is 1. The quantitative estimate of drug-likeness (QED) is 0.381. The molecule has 1 aromatic rings. The van der Waals surface area contributed by atoms with Crippen molar-refractivity contribution in [2.75, 3.05) is 33.7 Å². The maximum Gasteiger partial charge on any atom is 0.243 e. The molecule has 0 aromatic heterocycles. The molecule has 0 unspecified atom stereocenters. The molecule has 1 amide bonds. The number of aryl methyl sites for hydroxylation is 1. The van der Waals surface area contributed by atoms with Crippen LogP contribution in [-0.2, 0) is 11.2 Å². The van der Waals surface area contributed by atoms with Crippen molar-refractivity contribution in [2.45, 2.75) is 26.7 Å². The van der Waals surface area contributed by atoms with Crippen LogP contribution in [0.4, 0.5) is 4.39 Å². The number of hydrogen-bond donors (Lipinski definition) is 2. The van der Waals surface area contributed by atoms with Gasteiger partial charge in [-0.25, -0.2) is 9.38 Å². The number of amides is 1. The summed E-state index contributed by atoms with van der Waals surface area (Å²) in [4.78, 5) is 17.4. The van der Waals surface area contributed by atoms with Crippen molar-refractivity contribution in [1.29, 1.82) is 0 Å². The maximum atomic E-state index is 13.1. The third-order valence-corrected chi connectivity index (χ3v) is 3.41. The van der Waals surface area contributed by atoms with Gasteiger partial charge in [-0.3, -0.25) is 4.79 Å². The van der Waals surface area contributed by atoms with E-state index in [-0.39, 0.29) is 42.2 Å². The van der Waals surface area contributed by atoms with Crippen LogP contribution in [0, 0.1) is 12.7 Å². The van der Waals surface area contributed by atoms with Gasteiger partial charge in [-0.1, -0.05) is 13.0 Å². The number of halogens is 2. The minimum absolute atomic E-state index is 0. The average Bonchev–Trinajstić information content (AvgIpc) is 2.50. The lowest BCUT2D eigenvalue weighted by molar-refractivity contribution is -0.127. The van der Waals surface area contributed by atoms with Crippen molar-refractivity contribution >= 4 is 35.8 Å². The summed E-state index contributed by atoms with van der Waals surface area (Å²) >= 11 is 0. The second kappa shape index (κ2) is 12.0. The predicted octanol–water partition coefficient (Wildman–Crippen LogP) is 2.33. The van der Waals surface area contributed by atoms with Gasteiger partial charge in [0.25, 0.3) is 0 Å². The summed E-state index contributed by atoms with van der Waals surface area (Å²) in [6.07, 6.45) is 1.74. The second-order valence-corrected chi connectivity index (χ2v) is 5.63. The molecule has 136 valence electrons. The fourth-order valence-corrected chi connectivity index (χ4v) is 1.96. The Morgan fingerprint density at radius 1 is 1.25 bits per heavy atom. The summed E-state index contributed by atoms with van der Waals surface area (Å²) < 4.78 is 13.1. The summed E-state index contributed by atoms with van der Waals surface area (Å²) in [5, 5.41) is 6.40. The SMILES string of the molecule is CCCNC(=NCC(=O)N(C)C)NCCc1ccc(F)cc1C.I. The molecule has 1 aromatic carbocycles. The highest BCUT2D eigenvalue weighted by Crippen LogP contribution is 2.10. The first kappa shape index (κ1) is 22.6. The number of hydrogen-bond acceptors (Lipinski definition) is 2. The second-order valence-electron chi connectivity index (χ2n) is 5.63. The van der Waals surface area contributed by atoms with Gasteiger partial charge in [0.2, 0.25) is 5.91 Å². The van der Waals surface area contributed by atoms with E-state index in [9.17, 15) is 9.18 Å². The number of nitrogens with one attached hydrogen (secondary N) is 2. The molecule has 0 radical (unpaired) electrons. The fraction of sp³-hybridized carbons (Fsp3) is 0.529. The first-order chi connectivity index (χ1) is 10.9. The van der Waals surface area contributed by atoms with Crippen LogP contribution in [-0.4, -0.2) is 50.5 Å². The highest BCUT2D eigenvalue weighted by molar-refractivity contribution is 14.0. The Morgan fingerprint density at radius 3 is 2.50 bits per heavy atom. The molecule has 0 aliphatic heterocycles. The Balaban J connectivity index is 0.00000529. The summed E-state index contributed by atoms with van der Waals surface area (Å²) in [5.74, 6) is 0.368. The lowest BCUT2D eigenvalue weighted by atomic mass is 10.1. The van der Waals surface area contributed by atoms with Crippen LogP contribution >= 0.6 is 24.0 Å². The first-order valence-corrected chi connectivity index (χ1v) is 7.91. The van der Waals surface area contributed by atoms with Gasteiger partial charge in [0.1, 0.15) is 12.4 Å². The van der Waals surface area contributed by atoms with E-state index < -0.39 is 0 Å². The van der Waals surface area contributed by atoms with E-state index in [0.29, 0.717) is 12.5 Å². The van der Waals surface area contributed by atoms with Gasteiger partial charge in [0, 0.05) is 27.2 Å². The molecule has 0 aliphatic carbocycles. The van der Waals surface area contributed by atoms with Crippen LogP contribution in [0.15, 0.2) is 23.2 Å². The van der Waals surface area contributed by atoms with Crippen LogP contribution in [0.2, 0.25) is 0 Å². The highest BCUT2D eigenvalue weighted by atomic mass is 127. The molecule has 0 atom stereocenters. The van der Waals surface area contributed by atoms with Gasteiger partial charge in [0.05, 0.1) is 0 Å². The minimum Gasteiger partial charge on any atom is -0.356 e. The smallest absolute Gasteiger partial charge is 0.243 e. The molecule has 5 nitrogen and oxygen atoms in total. The zero-order valence-corrected chi connectivity index (χ0v) is 17.2. The van der Waals surface area contributed by atoms with Crippen molar-refractivity contribution < 1.29 is 9.18 Å². The average molecular weight is 450 g/mol. The van der Waals surface area contributed by atoms with E-state index in [1.54, 1.807) is 20.2 Å². The molecule has 7 heteroatoms. The van der Waals surface area contributed by atoms with E-state index in [4.69, 9.17) is 0 Å². The molecule has 0 aliphatic rings. The predicted molar refractivity (Wildman–Crippen MR) is 108 cm³/mol. The first-order valence-electron chi connectivity index (χ1n) is 7.91. The van der Waals surface area contributed by atoms with E-state index in [1.807, 2.05) is 6.92 Å². The van der Waals surface area contributed by atoms with Crippen molar-refractivity contribution in [3.63, 3.8) is 0 Å². The molecular weight excluding hydrogens is 422 g/mol. The number of aliphatic imine (C=N–C) groups is 1. The summed E-state index contributed by atoms with van der Waals surface area (Å²) in [7, 11) is 3.42. The minimum atomic E-state index is -0.215. The molecule has 0 fully saturated rings. The monoisotopic (exact) mass is 450 g/mol. The third kappa shape index (κ3) is 8.47. The van der Waals surface area contributed by atoms with Gasteiger partial charge >= 0.3 is 0 Å². The Bertz CT molecular complexity index is 549. The molecule has 1 rings (SSSR count). The summed E-state index contributed by atoms with van der Waals surface area (Å²) in [6.45, 7) is 5.54. The molecule has 0 bridgehead atoms. The Labute approximate surface area is 161 Å². The van der Waals surface area contributed by atoms with Gasteiger partial charge in [-0.2, -0.15) is 0 Å². The Morgan fingerprint density at radius 2 is 1.92 bits per heavy atom. The molecule has 0 heterocycles. The molecule has 2 N–H and O–H groups in total. The van der Waals surface area contributed by atoms with Crippen molar-refractivity contribution in [3.8, 4) is 0 Å². The fourth-order valence-electron chi connectivity index (χ4n) is 1.96. The van der Waals surface area contributed by atoms with Crippen molar-refractivity contribution in [1.82, 2.24) is 15.5 Å². The van der Waals surface area contributed by atoms with Crippen LogP contribution in [0.25, 0.3) is 0 Å².